The Morgan fingerprint density at radius 3 is 2.75 bits per heavy atom. The highest BCUT2D eigenvalue weighted by Gasteiger charge is 2.45. The molecule has 4 rings (SSSR count). The Hall–Kier alpha value is -1.54. The first-order valence-electron chi connectivity index (χ1n) is 9.57. The van der Waals surface area contributed by atoms with Crippen LogP contribution in [0, 0.1) is 0 Å². The molecule has 0 bridgehead atoms. The average Bonchev–Trinajstić information content (AvgIpc) is 3.05. The van der Waals surface area contributed by atoms with E-state index >= 15 is 0 Å². The molecule has 1 saturated heterocycles. The standard InChI is InChI=1S/C20H28ClN5OS/c1-23(2)10-9-15-11-14-12-22-18(16-7-5-6-8-17(16)21)19-25(4)24(3)13-26(19)20(14)28(15)27/h5-8,11,15,20,22H,9-10,12-13H2,1-4H3. The minimum atomic E-state index is -0.976. The van der Waals surface area contributed by atoms with Gasteiger partial charge >= 0.3 is 0 Å². The topological polar surface area (TPSA) is 42.1 Å². The maximum absolute atomic E-state index is 13.5. The van der Waals surface area contributed by atoms with Crippen LogP contribution in [-0.4, -0.2) is 82.6 Å². The number of benzene rings is 1. The molecule has 28 heavy (non-hydrogen) atoms. The monoisotopic (exact) mass is 421 g/mol. The lowest BCUT2D eigenvalue weighted by molar-refractivity contribution is 0.110. The summed E-state index contributed by atoms with van der Waals surface area (Å²) in [6, 6.07) is 7.89. The van der Waals surface area contributed by atoms with E-state index in [0.29, 0.717) is 18.2 Å². The predicted molar refractivity (Wildman–Crippen MR) is 116 cm³/mol. The van der Waals surface area contributed by atoms with Crippen LogP contribution in [0.4, 0.5) is 0 Å². The molecule has 1 aromatic rings. The zero-order valence-corrected chi connectivity index (χ0v) is 18.4. The van der Waals surface area contributed by atoms with Gasteiger partial charge in [0.15, 0.2) is 0 Å². The smallest absolute Gasteiger partial charge is 0.145 e. The first kappa shape index (κ1) is 19.8. The second-order valence-electron chi connectivity index (χ2n) is 7.88. The Labute approximate surface area is 174 Å². The lowest BCUT2D eigenvalue weighted by atomic mass is 10.1. The van der Waals surface area contributed by atoms with E-state index in [1.165, 1.54) is 5.57 Å². The minimum Gasteiger partial charge on any atom is -0.378 e. The average molecular weight is 422 g/mol. The van der Waals surface area contributed by atoms with Gasteiger partial charge in [-0.15, -0.1) is 0 Å². The molecule has 6 nitrogen and oxygen atoms in total. The van der Waals surface area contributed by atoms with Gasteiger partial charge in [-0.25, -0.2) is 5.01 Å². The molecule has 3 aliphatic heterocycles. The normalized spacial score (nSPS) is 27.6. The SMILES string of the molecule is CN(C)CCC1C=C2CNC(c3ccccc3Cl)=C3N(CN(C)N3C)C2S1=O. The molecule has 0 saturated carbocycles. The van der Waals surface area contributed by atoms with E-state index in [2.05, 4.69) is 52.4 Å². The number of hydrogen-bond donors (Lipinski definition) is 1. The molecular formula is C20H28ClN5OS. The highest BCUT2D eigenvalue weighted by atomic mass is 35.5. The molecule has 0 radical (unpaired) electrons. The summed E-state index contributed by atoms with van der Waals surface area (Å²) in [6.07, 6.45) is 3.15. The van der Waals surface area contributed by atoms with Crippen LogP contribution in [0.25, 0.3) is 5.70 Å². The van der Waals surface area contributed by atoms with Gasteiger partial charge in [0.25, 0.3) is 0 Å². The van der Waals surface area contributed by atoms with Crippen molar-refractivity contribution in [2.24, 2.45) is 0 Å². The second-order valence-corrected chi connectivity index (χ2v) is 9.99. The summed E-state index contributed by atoms with van der Waals surface area (Å²) in [5, 5.41) is 8.59. The van der Waals surface area contributed by atoms with Crippen molar-refractivity contribution in [3.05, 3.63) is 52.3 Å². The summed E-state index contributed by atoms with van der Waals surface area (Å²) in [4.78, 5) is 4.43. The van der Waals surface area contributed by atoms with Crippen molar-refractivity contribution in [2.75, 3.05) is 47.9 Å². The Morgan fingerprint density at radius 2 is 2.04 bits per heavy atom. The summed E-state index contributed by atoms with van der Waals surface area (Å²) in [7, 11) is 7.24. The molecule has 3 unspecified atom stereocenters. The van der Waals surface area contributed by atoms with Crippen molar-refractivity contribution < 1.29 is 4.21 Å². The van der Waals surface area contributed by atoms with Crippen LogP contribution >= 0.6 is 11.6 Å². The highest BCUT2D eigenvalue weighted by Crippen LogP contribution is 2.39. The Balaban J connectivity index is 1.73. The molecule has 1 N–H and O–H groups in total. The first-order chi connectivity index (χ1) is 13.4. The fourth-order valence-electron chi connectivity index (χ4n) is 4.13. The molecule has 3 atom stereocenters. The van der Waals surface area contributed by atoms with Gasteiger partial charge in [-0.1, -0.05) is 35.9 Å². The largest absolute Gasteiger partial charge is 0.378 e. The number of fused-ring (bicyclic) bond motifs is 3. The summed E-state index contributed by atoms with van der Waals surface area (Å²) >= 11 is 6.52. The summed E-state index contributed by atoms with van der Waals surface area (Å²) in [6.45, 7) is 2.33. The van der Waals surface area contributed by atoms with E-state index in [4.69, 9.17) is 11.6 Å². The maximum Gasteiger partial charge on any atom is 0.145 e. The molecule has 0 aromatic heterocycles. The third kappa shape index (κ3) is 3.34. The second kappa shape index (κ2) is 7.71. The Bertz CT molecular complexity index is 855. The van der Waals surface area contributed by atoms with Crippen LogP contribution in [0.5, 0.6) is 0 Å². The van der Waals surface area contributed by atoms with Gasteiger partial charge in [-0.2, -0.15) is 0 Å². The van der Waals surface area contributed by atoms with Gasteiger partial charge in [0, 0.05) is 26.2 Å². The van der Waals surface area contributed by atoms with Crippen molar-refractivity contribution in [3.63, 3.8) is 0 Å². The zero-order valence-electron chi connectivity index (χ0n) is 16.9. The van der Waals surface area contributed by atoms with E-state index in [1.54, 1.807) is 0 Å². The highest BCUT2D eigenvalue weighted by molar-refractivity contribution is 7.87. The van der Waals surface area contributed by atoms with E-state index in [9.17, 15) is 4.21 Å². The zero-order chi connectivity index (χ0) is 20.0. The summed E-state index contributed by atoms with van der Waals surface area (Å²) < 4.78 is 13.5. The fourth-order valence-corrected chi connectivity index (χ4v) is 6.21. The van der Waals surface area contributed by atoms with E-state index < -0.39 is 10.8 Å². The third-order valence-electron chi connectivity index (χ3n) is 5.66. The van der Waals surface area contributed by atoms with Gasteiger partial charge in [0.05, 0.1) is 33.4 Å². The van der Waals surface area contributed by atoms with Crippen LogP contribution < -0.4 is 5.32 Å². The van der Waals surface area contributed by atoms with Crippen molar-refractivity contribution in [1.82, 2.24) is 25.1 Å². The summed E-state index contributed by atoms with van der Waals surface area (Å²) in [5.41, 5.74) is 3.18. The van der Waals surface area contributed by atoms with E-state index in [-0.39, 0.29) is 10.6 Å². The number of nitrogens with one attached hydrogen (secondary N) is 1. The van der Waals surface area contributed by atoms with Crippen LogP contribution in [0.15, 0.2) is 41.7 Å². The van der Waals surface area contributed by atoms with Crippen LogP contribution in [-0.2, 0) is 10.8 Å². The molecule has 0 amide bonds. The van der Waals surface area contributed by atoms with Gasteiger partial charge in [0.1, 0.15) is 11.2 Å². The van der Waals surface area contributed by atoms with Crippen molar-refractivity contribution in [3.8, 4) is 0 Å². The molecule has 1 fully saturated rings. The fraction of sp³-hybridized carbons (Fsp3) is 0.500. The Kier molecular flexibility index (Phi) is 5.44. The van der Waals surface area contributed by atoms with Crippen molar-refractivity contribution >= 4 is 28.1 Å². The first-order valence-corrected chi connectivity index (χ1v) is 11.2. The molecule has 0 spiro atoms. The lowest BCUT2D eigenvalue weighted by Crippen LogP contribution is -2.38. The van der Waals surface area contributed by atoms with Gasteiger partial charge in [0.2, 0.25) is 0 Å². The quantitative estimate of drug-likeness (QED) is 0.749. The van der Waals surface area contributed by atoms with Gasteiger partial charge < -0.3 is 15.1 Å². The van der Waals surface area contributed by atoms with Crippen molar-refractivity contribution in [2.45, 2.75) is 17.0 Å². The lowest BCUT2D eigenvalue weighted by Gasteiger charge is -2.28. The molecule has 0 aliphatic carbocycles. The predicted octanol–water partition coefficient (Wildman–Crippen LogP) is 1.96. The molecule has 1 aromatic carbocycles. The van der Waals surface area contributed by atoms with E-state index in [0.717, 1.165) is 30.0 Å². The third-order valence-corrected chi connectivity index (χ3v) is 7.96. The number of hydrogen-bond acceptors (Lipinski definition) is 6. The van der Waals surface area contributed by atoms with Crippen LogP contribution in [0.1, 0.15) is 12.0 Å². The van der Waals surface area contributed by atoms with Crippen molar-refractivity contribution in [1.29, 1.82) is 0 Å². The number of nitrogens with zero attached hydrogens (tertiary/aromatic N) is 4. The van der Waals surface area contributed by atoms with Crippen LogP contribution in [0.3, 0.4) is 0 Å². The van der Waals surface area contributed by atoms with Gasteiger partial charge in [-0.05, 0) is 38.7 Å². The maximum atomic E-state index is 13.5. The van der Waals surface area contributed by atoms with E-state index in [1.807, 2.05) is 31.3 Å². The summed E-state index contributed by atoms with van der Waals surface area (Å²) in [5.74, 6) is 1.03. The number of rotatable bonds is 4. The number of hydrazine groups is 1. The van der Waals surface area contributed by atoms with Gasteiger partial charge in [-0.3, -0.25) is 9.22 Å². The molecule has 3 heterocycles. The molecule has 3 aliphatic rings. The Morgan fingerprint density at radius 1 is 1.29 bits per heavy atom. The molecule has 152 valence electrons. The molecular weight excluding hydrogens is 394 g/mol. The molecule has 8 heteroatoms. The minimum absolute atomic E-state index is 0.0953. The number of halogens is 1. The van der Waals surface area contributed by atoms with Crippen LogP contribution in [0.2, 0.25) is 5.02 Å².